The lowest BCUT2D eigenvalue weighted by molar-refractivity contribution is -0.140. The number of para-hydroxylation sites is 1. The summed E-state index contributed by atoms with van der Waals surface area (Å²) >= 11 is 6.08. The molecule has 33 heavy (non-hydrogen) atoms. The van der Waals surface area contributed by atoms with E-state index in [9.17, 15) is 31.2 Å². The van der Waals surface area contributed by atoms with Crippen LogP contribution in [0.1, 0.15) is 34.0 Å². The van der Waals surface area contributed by atoms with Crippen molar-refractivity contribution in [1.29, 1.82) is 0 Å². The number of hydrogen-bond acceptors (Lipinski definition) is 6. The largest absolute Gasteiger partial charge is 0.491 e. The highest BCUT2D eigenvalue weighted by Crippen LogP contribution is 2.43. The van der Waals surface area contributed by atoms with Crippen molar-refractivity contribution in [3.05, 3.63) is 58.1 Å². The molecule has 0 fully saturated rings. The highest BCUT2D eigenvalue weighted by molar-refractivity contribution is 7.87. The molecule has 1 aliphatic heterocycles. The van der Waals surface area contributed by atoms with Crippen molar-refractivity contribution in [3.8, 4) is 11.5 Å². The molecule has 1 unspecified atom stereocenters. The number of nitrogens with two attached hydrogens (primary N) is 1. The topological polar surface area (TPSA) is 145 Å². The van der Waals surface area contributed by atoms with Gasteiger partial charge in [-0.25, -0.2) is 5.14 Å². The summed E-state index contributed by atoms with van der Waals surface area (Å²) in [6.07, 6.45) is -6.12. The normalized spacial score (nSPS) is 17.1. The Morgan fingerprint density at radius 1 is 1.33 bits per heavy atom. The zero-order valence-corrected chi connectivity index (χ0v) is 18.0. The Kier molecular flexibility index (Phi) is 6.88. The highest BCUT2D eigenvalue weighted by Gasteiger charge is 2.35. The van der Waals surface area contributed by atoms with E-state index in [2.05, 4.69) is 0 Å². The number of Topliss-reactive ketones (excluding diaryl/α,β-unsaturated/α-hetero) is 1. The number of carboxylic acid groups (broad SMARTS) is 1. The second kappa shape index (κ2) is 9.17. The molecule has 2 atom stereocenters. The standard InChI is InChI=1S/C19H16ClF3N2O7S/c20-12-3-1-2-10-14(26)7-16(32-17(10)12)11-5-4-9(19(21,22)23)6-15(11)31-8-13(18(27)28)25-33(24,29)30/h1-6,13,16,25H,7-8H2,(H,27,28)(H2,24,29,30)/t13?,16-/m1/s1. The summed E-state index contributed by atoms with van der Waals surface area (Å²) in [4.78, 5) is 23.8. The van der Waals surface area contributed by atoms with Gasteiger partial charge in [-0.15, -0.1) is 0 Å². The van der Waals surface area contributed by atoms with E-state index in [1.54, 1.807) is 10.8 Å². The molecular weight excluding hydrogens is 493 g/mol. The van der Waals surface area contributed by atoms with Gasteiger partial charge in [-0.1, -0.05) is 23.7 Å². The molecule has 9 nitrogen and oxygen atoms in total. The number of hydrogen-bond donors (Lipinski definition) is 3. The van der Waals surface area contributed by atoms with Crippen molar-refractivity contribution >= 4 is 33.6 Å². The van der Waals surface area contributed by atoms with Crippen LogP contribution in [0.15, 0.2) is 36.4 Å². The van der Waals surface area contributed by atoms with Crippen molar-refractivity contribution in [3.63, 3.8) is 0 Å². The van der Waals surface area contributed by atoms with E-state index in [0.717, 1.165) is 12.1 Å². The van der Waals surface area contributed by atoms with Gasteiger partial charge in [0, 0.05) is 5.56 Å². The van der Waals surface area contributed by atoms with Gasteiger partial charge in [-0.05, 0) is 24.3 Å². The number of alkyl halides is 3. The minimum atomic E-state index is -4.76. The monoisotopic (exact) mass is 508 g/mol. The fourth-order valence-corrected chi connectivity index (χ4v) is 3.90. The van der Waals surface area contributed by atoms with Gasteiger partial charge in [0.05, 0.1) is 22.6 Å². The SMILES string of the molecule is NS(=O)(=O)NC(COc1cc(C(F)(F)F)ccc1[C@H]1CC(=O)c2cccc(Cl)c2O1)C(=O)O. The van der Waals surface area contributed by atoms with Crippen molar-refractivity contribution in [2.24, 2.45) is 5.14 Å². The molecule has 2 aromatic carbocycles. The van der Waals surface area contributed by atoms with Crippen LogP contribution in [0.25, 0.3) is 0 Å². The Morgan fingerprint density at radius 3 is 2.64 bits per heavy atom. The summed E-state index contributed by atoms with van der Waals surface area (Å²) in [7, 11) is -4.46. The lowest BCUT2D eigenvalue weighted by Gasteiger charge is -2.28. The van der Waals surface area contributed by atoms with Crippen LogP contribution >= 0.6 is 11.6 Å². The van der Waals surface area contributed by atoms with Gasteiger partial charge in [-0.3, -0.25) is 9.59 Å². The number of aliphatic carboxylic acids is 1. The van der Waals surface area contributed by atoms with Crippen molar-refractivity contribution in [2.75, 3.05) is 6.61 Å². The summed E-state index contributed by atoms with van der Waals surface area (Å²) in [6.45, 7) is -0.905. The molecule has 1 heterocycles. The molecule has 1 aliphatic rings. The predicted octanol–water partition coefficient (Wildman–Crippen LogP) is 2.69. The number of nitrogens with one attached hydrogen (secondary N) is 1. The van der Waals surface area contributed by atoms with E-state index in [1.165, 1.54) is 12.1 Å². The Bertz CT molecular complexity index is 1200. The number of halogens is 4. The Labute approximate surface area is 190 Å². The third kappa shape index (κ3) is 5.93. The first-order valence-corrected chi connectivity index (χ1v) is 11.0. The van der Waals surface area contributed by atoms with Crippen LogP contribution in [0.3, 0.4) is 0 Å². The summed E-state index contributed by atoms with van der Waals surface area (Å²) in [5.41, 5.74) is -0.911. The average molecular weight is 509 g/mol. The molecule has 0 saturated heterocycles. The van der Waals surface area contributed by atoms with E-state index in [-0.39, 0.29) is 34.1 Å². The first kappa shape index (κ1) is 24.8. The second-order valence-corrected chi connectivity index (χ2v) is 8.70. The molecule has 0 spiro atoms. The maximum Gasteiger partial charge on any atom is 0.416 e. The Morgan fingerprint density at radius 2 is 2.03 bits per heavy atom. The molecule has 178 valence electrons. The zero-order chi connectivity index (χ0) is 24.6. The molecule has 3 rings (SSSR count). The second-order valence-electron chi connectivity index (χ2n) is 6.97. The van der Waals surface area contributed by atoms with Crippen LogP contribution < -0.4 is 19.3 Å². The quantitative estimate of drug-likeness (QED) is 0.521. The van der Waals surface area contributed by atoms with E-state index in [1.807, 2.05) is 0 Å². The molecule has 0 aromatic heterocycles. The summed E-state index contributed by atoms with van der Waals surface area (Å²) < 4.78 is 74.7. The number of carbonyl (C=O) groups is 2. The number of ether oxygens (including phenoxy) is 2. The van der Waals surface area contributed by atoms with Gasteiger partial charge >= 0.3 is 12.1 Å². The van der Waals surface area contributed by atoms with Crippen LogP contribution in [-0.2, 0) is 21.2 Å². The van der Waals surface area contributed by atoms with E-state index >= 15 is 0 Å². The van der Waals surface area contributed by atoms with Gasteiger partial charge in [0.2, 0.25) is 0 Å². The number of ketones is 1. The van der Waals surface area contributed by atoms with Crippen LogP contribution in [0, 0.1) is 0 Å². The fourth-order valence-electron chi connectivity index (χ4n) is 3.11. The minimum Gasteiger partial charge on any atom is -0.491 e. The van der Waals surface area contributed by atoms with Gasteiger partial charge in [0.15, 0.2) is 11.8 Å². The number of rotatable bonds is 7. The predicted molar refractivity (Wildman–Crippen MR) is 108 cm³/mol. The first-order valence-electron chi connectivity index (χ1n) is 9.11. The lowest BCUT2D eigenvalue weighted by atomic mass is 9.95. The van der Waals surface area contributed by atoms with Crippen LogP contribution in [0.2, 0.25) is 5.02 Å². The third-order valence-electron chi connectivity index (χ3n) is 4.60. The average Bonchev–Trinajstić information content (AvgIpc) is 2.70. The van der Waals surface area contributed by atoms with Gasteiger partial charge in [0.25, 0.3) is 10.2 Å². The number of benzene rings is 2. The van der Waals surface area contributed by atoms with E-state index in [4.69, 9.17) is 31.3 Å². The first-order chi connectivity index (χ1) is 15.3. The van der Waals surface area contributed by atoms with Gasteiger partial charge < -0.3 is 14.6 Å². The van der Waals surface area contributed by atoms with Crippen molar-refractivity contribution in [1.82, 2.24) is 4.72 Å². The molecule has 0 amide bonds. The number of fused-ring (bicyclic) bond motifs is 1. The summed E-state index contributed by atoms with van der Waals surface area (Å²) in [6, 6.07) is 4.97. The molecule has 0 bridgehead atoms. The van der Waals surface area contributed by atoms with Gasteiger partial charge in [0.1, 0.15) is 24.2 Å². The maximum absolute atomic E-state index is 13.2. The number of carboxylic acids is 1. The van der Waals surface area contributed by atoms with E-state index in [0.29, 0.717) is 6.07 Å². The molecule has 2 aromatic rings. The Balaban J connectivity index is 1.98. The zero-order valence-electron chi connectivity index (χ0n) is 16.4. The van der Waals surface area contributed by atoms with Crippen molar-refractivity contribution < 1.29 is 45.8 Å². The lowest BCUT2D eigenvalue weighted by Crippen LogP contribution is -2.47. The third-order valence-corrected chi connectivity index (χ3v) is 5.51. The highest BCUT2D eigenvalue weighted by atomic mass is 35.5. The van der Waals surface area contributed by atoms with E-state index < -0.39 is 52.4 Å². The summed E-state index contributed by atoms with van der Waals surface area (Å²) in [5, 5.41) is 14.0. The molecule has 14 heteroatoms. The minimum absolute atomic E-state index is 0.00154. The van der Waals surface area contributed by atoms with Crippen LogP contribution in [0.4, 0.5) is 13.2 Å². The molecular formula is C19H16ClF3N2O7S. The van der Waals surface area contributed by atoms with Crippen LogP contribution in [-0.4, -0.2) is 37.9 Å². The van der Waals surface area contributed by atoms with Crippen molar-refractivity contribution in [2.45, 2.75) is 24.7 Å². The fraction of sp³-hybridized carbons (Fsp3) is 0.263. The smallest absolute Gasteiger partial charge is 0.416 e. The molecule has 0 radical (unpaired) electrons. The molecule has 0 aliphatic carbocycles. The summed E-state index contributed by atoms with van der Waals surface area (Å²) in [5.74, 6) is -2.47. The molecule has 4 N–H and O–H groups in total. The van der Waals surface area contributed by atoms with Crippen LogP contribution in [0.5, 0.6) is 11.5 Å². The Hall–Kier alpha value is -2.87. The molecule has 0 saturated carbocycles. The van der Waals surface area contributed by atoms with Gasteiger partial charge in [-0.2, -0.15) is 26.3 Å². The maximum atomic E-state index is 13.2. The number of carbonyl (C=O) groups excluding carboxylic acids is 1.